The van der Waals surface area contributed by atoms with E-state index in [1.807, 2.05) is 6.07 Å². The average molecular weight is 544 g/mol. The largest absolute Gasteiger partial charge is 0.361 e. The summed E-state index contributed by atoms with van der Waals surface area (Å²) in [6.07, 6.45) is 14.1. The van der Waals surface area contributed by atoms with Gasteiger partial charge in [-0.2, -0.15) is 0 Å². The number of piperidine rings is 1. The van der Waals surface area contributed by atoms with E-state index in [1.54, 1.807) is 0 Å². The summed E-state index contributed by atoms with van der Waals surface area (Å²) in [7, 11) is 4.33. The monoisotopic (exact) mass is 543 g/mol. The van der Waals surface area contributed by atoms with Gasteiger partial charge in [-0.3, -0.25) is 4.79 Å². The standard InChI is InChI=1S/C34H49N5O/c1-26-18-22-38(25-26)31-24-32-36(4)20-13-7-6-12-19-34(3,28-15-9-8-10-16-28)33(40)39-21-14-11-17-29(39)27(2)23-30(35-31)37(32)5/h8-10,15-16,23-24,26,29H,2,6-7,11-14,17-22,25H2,1,3-5H3/b30-23-. The van der Waals surface area contributed by atoms with Crippen LogP contribution in [0.2, 0.25) is 0 Å². The molecule has 4 heterocycles. The Morgan fingerprint density at radius 2 is 1.68 bits per heavy atom. The van der Waals surface area contributed by atoms with Crippen molar-refractivity contribution in [3.63, 3.8) is 0 Å². The van der Waals surface area contributed by atoms with E-state index < -0.39 is 5.41 Å². The molecular weight excluding hydrogens is 494 g/mol. The first-order chi connectivity index (χ1) is 19.3. The molecule has 2 bridgehead atoms. The molecule has 0 N–H and O–H groups in total. The molecular formula is C34H49N5O. The molecule has 1 aromatic carbocycles. The van der Waals surface area contributed by atoms with Crippen molar-refractivity contribution in [1.82, 2.24) is 19.6 Å². The Morgan fingerprint density at radius 1 is 0.925 bits per heavy atom. The van der Waals surface area contributed by atoms with Crippen molar-refractivity contribution >= 4 is 11.7 Å². The molecule has 2 fully saturated rings. The zero-order chi connectivity index (χ0) is 28.3. The fourth-order valence-corrected chi connectivity index (χ4v) is 6.97. The van der Waals surface area contributed by atoms with Crippen LogP contribution in [0.15, 0.2) is 71.3 Å². The number of fused-ring (bicyclic) bond motifs is 3. The van der Waals surface area contributed by atoms with Crippen molar-refractivity contribution in [2.75, 3.05) is 40.3 Å². The average Bonchev–Trinajstić information content (AvgIpc) is 3.41. The molecule has 5 rings (SSSR count). The van der Waals surface area contributed by atoms with E-state index in [4.69, 9.17) is 4.99 Å². The number of carbonyl (C=O) groups is 1. The van der Waals surface area contributed by atoms with Crippen molar-refractivity contribution in [3.8, 4) is 0 Å². The molecule has 4 aliphatic heterocycles. The summed E-state index contributed by atoms with van der Waals surface area (Å²) >= 11 is 0. The molecule has 3 unspecified atom stereocenters. The lowest BCUT2D eigenvalue weighted by atomic mass is 9.75. The van der Waals surface area contributed by atoms with Crippen molar-refractivity contribution in [1.29, 1.82) is 0 Å². The normalized spacial score (nSPS) is 30.4. The number of amides is 1. The summed E-state index contributed by atoms with van der Waals surface area (Å²) in [6.45, 7) is 13.0. The number of nitrogens with zero attached hydrogens (tertiary/aromatic N) is 5. The maximum absolute atomic E-state index is 14.5. The predicted octanol–water partition coefficient (Wildman–Crippen LogP) is 6.15. The number of likely N-dealkylation sites (tertiary alicyclic amines) is 1. The van der Waals surface area contributed by atoms with E-state index in [0.717, 1.165) is 100 Å². The van der Waals surface area contributed by atoms with Crippen LogP contribution in [0.1, 0.15) is 77.2 Å². The Morgan fingerprint density at radius 3 is 2.42 bits per heavy atom. The molecule has 1 amide bonds. The molecule has 6 nitrogen and oxygen atoms in total. The molecule has 1 aromatic rings. The van der Waals surface area contributed by atoms with Gasteiger partial charge in [-0.05, 0) is 68.6 Å². The first kappa shape index (κ1) is 28.5. The Hall–Kier alpha value is -3.02. The summed E-state index contributed by atoms with van der Waals surface area (Å²) in [5.74, 6) is 4.09. The SMILES string of the molecule is C=C1/C=C2/N=C(N3CCC(C)C3)C=C(N(C)CCCCCCC(C)(c3ccccc3)C(=O)N3CCCCC13)N2C. The molecule has 0 saturated carbocycles. The van der Waals surface area contributed by atoms with E-state index in [2.05, 4.69) is 90.5 Å². The molecule has 4 aliphatic rings. The third-order valence-corrected chi connectivity index (χ3v) is 9.62. The minimum Gasteiger partial charge on any atom is -0.361 e. The van der Waals surface area contributed by atoms with Crippen molar-refractivity contribution in [3.05, 3.63) is 71.8 Å². The summed E-state index contributed by atoms with van der Waals surface area (Å²) in [5.41, 5.74) is 1.58. The number of aliphatic imine (C=N–C) groups is 1. The van der Waals surface area contributed by atoms with Crippen LogP contribution in [0.25, 0.3) is 0 Å². The van der Waals surface area contributed by atoms with Crippen LogP contribution in [0.4, 0.5) is 0 Å². The molecule has 0 radical (unpaired) electrons. The van der Waals surface area contributed by atoms with Crippen LogP contribution in [-0.2, 0) is 10.2 Å². The van der Waals surface area contributed by atoms with Crippen LogP contribution >= 0.6 is 0 Å². The highest BCUT2D eigenvalue weighted by Gasteiger charge is 2.41. The van der Waals surface area contributed by atoms with Gasteiger partial charge in [0.2, 0.25) is 5.91 Å². The molecule has 3 atom stereocenters. The summed E-state index contributed by atoms with van der Waals surface area (Å²) in [4.78, 5) is 28.9. The highest BCUT2D eigenvalue weighted by atomic mass is 16.2. The second-order valence-corrected chi connectivity index (χ2v) is 12.7. The number of hydrogen-bond acceptors (Lipinski definition) is 5. The van der Waals surface area contributed by atoms with E-state index in [-0.39, 0.29) is 11.9 Å². The van der Waals surface area contributed by atoms with Gasteiger partial charge in [0.15, 0.2) is 0 Å². The van der Waals surface area contributed by atoms with Gasteiger partial charge in [-0.15, -0.1) is 0 Å². The predicted molar refractivity (Wildman–Crippen MR) is 165 cm³/mol. The van der Waals surface area contributed by atoms with Crippen LogP contribution in [0.3, 0.4) is 0 Å². The third-order valence-electron chi connectivity index (χ3n) is 9.62. The molecule has 6 heteroatoms. The summed E-state index contributed by atoms with van der Waals surface area (Å²) in [6, 6.07) is 10.5. The molecule has 0 spiro atoms. The van der Waals surface area contributed by atoms with E-state index >= 15 is 0 Å². The van der Waals surface area contributed by atoms with Gasteiger partial charge in [0.05, 0.1) is 11.5 Å². The fourth-order valence-electron chi connectivity index (χ4n) is 6.97. The van der Waals surface area contributed by atoms with Crippen LogP contribution < -0.4 is 0 Å². The number of carbonyl (C=O) groups excluding carboxylic acids is 1. The summed E-state index contributed by atoms with van der Waals surface area (Å²) in [5, 5.41) is 0. The van der Waals surface area contributed by atoms with E-state index in [9.17, 15) is 4.79 Å². The fraction of sp³-hybridized carbons (Fsp3) is 0.588. The van der Waals surface area contributed by atoms with Gasteiger partial charge < -0.3 is 19.6 Å². The highest BCUT2D eigenvalue weighted by molar-refractivity contribution is 5.95. The Balaban J connectivity index is 1.53. The van der Waals surface area contributed by atoms with Gasteiger partial charge in [-0.25, -0.2) is 4.99 Å². The Kier molecular flexibility index (Phi) is 8.72. The van der Waals surface area contributed by atoms with Gasteiger partial charge in [0.25, 0.3) is 0 Å². The molecule has 0 aliphatic carbocycles. The zero-order valence-corrected chi connectivity index (χ0v) is 25.2. The minimum atomic E-state index is -0.534. The van der Waals surface area contributed by atoms with E-state index in [1.165, 1.54) is 12.2 Å². The topological polar surface area (TPSA) is 42.4 Å². The quantitative estimate of drug-likeness (QED) is 0.426. The van der Waals surface area contributed by atoms with Crippen molar-refractivity contribution < 1.29 is 4.79 Å². The van der Waals surface area contributed by atoms with Crippen LogP contribution in [0, 0.1) is 5.92 Å². The number of hydrogen-bond donors (Lipinski definition) is 0. The van der Waals surface area contributed by atoms with Gasteiger partial charge in [0, 0.05) is 46.4 Å². The van der Waals surface area contributed by atoms with Crippen molar-refractivity contribution in [2.45, 2.75) is 83.1 Å². The van der Waals surface area contributed by atoms with Gasteiger partial charge >= 0.3 is 0 Å². The maximum atomic E-state index is 14.5. The lowest BCUT2D eigenvalue weighted by Gasteiger charge is -2.43. The summed E-state index contributed by atoms with van der Waals surface area (Å²) < 4.78 is 0. The lowest BCUT2D eigenvalue weighted by molar-refractivity contribution is -0.140. The molecule has 40 heavy (non-hydrogen) atoms. The number of benzene rings is 1. The second-order valence-electron chi connectivity index (χ2n) is 12.7. The lowest BCUT2D eigenvalue weighted by Crippen LogP contribution is -2.52. The smallest absolute Gasteiger partial charge is 0.233 e. The molecule has 2 saturated heterocycles. The van der Waals surface area contributed by atoms with Crippen LogP contribution in [-0.4, -0.2) is 77.7 Å². The molecule has 0 aromatic heterocycles. The number of rotatable bonds is 1. The first-order valence-electron chi connectivity index (χ1n) is 15.6. The minimum absolute atomic E-state index is 0.00404. The highest BCUT2D eigenvalue weighted by Crippen LogP contribution is 2.36. The number of amidine groups is 1. The Bertz CT molecular complexity index is 1170. The van der Waals surface area contributed by atoms with Crippen molar-refractivity contribution in [2.24, 2.45) is 10.9 Å². The maximum Gasteiger partial charge on any atom is 0.233 e. The van der Waals surface area contributed by atoms with E-state index in [0.29, 0.717) is 5.92 Å². The van der Waals surface area contributed by atoms with Gasteiger partial charge in [0.1, 0.15) is 17.5 Å². The van der Waals surface area contributed by atoms with Crippen LogP contribution in [0.5, 0.6) is 0 Å². The second kappa shape index (κ2) is 12.2. The molecule has 216 valence electrons. The van der Waals surface area contributed by atoms with Gasteiger partial charge in [-0.1, -0.05) is 63.1 Å². The Labute approximate surface area is 242 Å². The third kappa shape index (κ3) is 5.87. The first-order valence-corrected chi connectivity index (χ1v) is 15.6. The zero-order valence-electron chi connectivity index (χ0n) is 25.2.